The Labute approximate surface area is 232 Å². The zero-order valence-electron chi connectivity index (χ0n) is 17.3. The molecule has 2 atom stereocenters. The van der Waals surface area contributed by atoms with E-state index in [1.165, 1.54) is 18.2 Å². The molecule has 0 spiro atoms. The Bertz CT molecular complexity index is 1320. The molecule has 1 fully saturated rings. The van der Waals surface area contributed by atoms with E-state index in [1.807, 2.05) is 0 Å². The van der Waals surface area contributed by atoms with Crippen LogP contribution in [0.2, 0.25) is 15.1 Å². The Morgan fingerprint density at radius 3 is 2.26 bits per heavy atom. The van der Waals surface area contributed by atoms with Gasteiger partial charge in [0.2, 0.25) is 5.91 Å². The molecule has 1 aliphatic carbocycles. The van der Waals surface area contributed by atoms with Gasteiger partial charge in [0, 0.05) is 49.7 Å². The summed E-state index contributed by atoms with van der Waals surface area (Å²) >= 11 is 34.1. The molecule has 1 amide bonds. The Kier molecular flexibility index (Phi) is 7.73. The molecule has 1 N–H and O–H groups in total. The zero-order valence-corrected chi connectivity index (χ0v) is 22.7. The van der Waals surface area contributed by atoms with E-state index in [9.17, 15) is 18.4 Å². The minimum atomic E-state index is -1.38. The fourth-order valence-electron chi connectivity index (χ4n) is 3.86. The van der Waals surface area contributed by atoms with Crippen molar-refractivity contribution in [3.63, 3.8) is 0 Å². The second-order valence-electron chi connectivity index (χ2n) is 7.96. The van der Waals surface area contributed by atoms with Gasteiger partial charge in [0.05, 0.1) is 10.9 Å². The van der Waals surface area contributed by atoms with Gasteiger partial charge in [0.15, 0.2) is 5.78 Å². The maximum absolute atomic E-state index is 14.2. The van der Waals surface area contributed by atoms with Crippen LogP contribution in [0.4, 0.5) is 14.5 Å². The molecule has 0 aromatic heterocycles. The topological polar surface area (TPSA) is 46.2 Å². The lowest BCUT2D eigenvalue weighted by molar-refractivity contribution is -0.117. The molecular formula is C24H13BrCl5F2NO2. The third-order valence-electron chi connectivity index (χ3n) is 5.56. The summed E-state index contributed by atoms with van der Waals surface area (Å²) in [5, 5.41) is 3.56. The van der Waals surface area contributed by atoms with Crippen LogP contribution in [0, 0.1) is 17.6 Å². The first kappa shape index (κ1) is 26.6. The van der Waals surface area contributed by atoms with Crippen molar-refractivity contribution in [2.45, 2.75) is 16.7 Å². The smallest absolute Gasteiger partial charge is 0.231 e. The maximum Gasteiger partial charge on any atom is 0.231 e. The standard InChI is InChI=1S/C24H13BrCl5F2NO2/c25-17-6-13(31)7-19(32)15(17)9-20(34)16-8-14(1-2-18(16)28)33-23(35)22-21(24(22,29)30)10-3-11(26)5-12(27)4-10/h1-8,21-22H,9H2,(H,33,35). The first-order valence-electron chi connectivity index (χ1n) is 9.99. The molecule has 0 bridgehead atoms. The summed E-state index contributed by atoms with van der Waals surface area (Å²) in [4.78, 5) is 25.8. The van der Waals surface area contributed by atoms with Crippen molar-refractivity contribution in [1.29, 1.82) is 0 Å². The lowest BCUT2D eigenvalue weighted by Gasteiger charge is -2.10. The van der Waals surface area contributed by atoms with E-state index in [-0.39, 0.29) is 32.7 Å². The number of halogens is 8. The molecule has 2 unspecified atom stereocenters. The van der Waals surface area contributed by atoms with E-state index in [1.54, 1.807) is 18.2 Å². The van der Waals surface area contributed by atoms with Crippen molar-refractivity contribution in [3.8, 4) is 0 Å². The summed E-state index contributed by atoms with van der Waals surface area (Å²) in [5.41, 5.74) is 0.917. The summed E-state index contributed by atoms with van der Waals surface area (Å²) in [6, 6.07) is 10.9. The quantitative estimate of drug-likeness (QED) is 0.216. The van der Waals surface area contributed by atoms with Gasteiger partial charge in [-0.2, -0.15) is 0 Å². The van der Waals surface area contributed by atoms with Crippen LogP contribution in [-0.2, 0) is 11.2 Å². The van der Waals surface area contributed by atoms with Crippen LogP contribution in [0.1, 0.15) is 27.4 Å². The zero-order chi connectivity index (χ0) is 25.7. The molecule has 4 rings (SSSR count). The monoisotopic (exact) mass is 639 g/mol. The van der Waals surface area contributed by atoms with Gasteiger partial charge in [-0.3, -0.25) is 9.59 Å². The van der Waals surface area contributed by atoms with Gasteiger partial charge in [0.25, 0.3) is 0 Å². The van der Waals surface area contributed by atoms with Gasteiger partial charge in [-0.05, 0) is 48.0 Å². The van der Waals surface area contributed by atoms with Crippen molar-refractivity contribution >= 4 is 91.3 Å². The van der Waals surface area contributed by atoms with Gasteiger partial charge >= 0.3 is 0 Å². The number of hydrogen-bond donors (Lipinski definition) is 1. The maximum atomic E-state index is 14.2. The van der Waals surface area contributed by atoms with E-state index < -0.39 is 39.5 Å². The molecule has 3 aromatic carbocycles. The highest BCUT2D eigenvalue weighted by molar-refractivity contribution is 9.10. The van der Waals surface area contributed by atoms with E-state index in [0.29, 0.717) is 21.7 Å². The molecule has 1 saturated carbocycles. The number of nitrogens with one attached hydrogen (secondary N) is 1. The molecule has 0 aliphatic heterocycles. The largest absolute Gasteiger partial charge is 0.326 e. The van der Waals surface area contributed by atoms with Gasteiger partial charge in [-0.25, -0.2) is 8.78 Å². The number of amides is 1. The SMILES string of the molecule is O=C(Cc1c(F)cc(F)cc1Br)c1cc(NC(=O)C2C(c3cc(Cl)cc(Cl)c3)C2(Cl)Cl)ccc1Cl. The first-order valence-corrected chi connectivity index (χ1v) is 12.7. The average molecular weight is 643 g/mol. The average Bonchev–Trinajstić information content (AvgIpc) is 3.33. The number of hydrogen-bond acceptors (Lipinski definition) is 2. The Morgan fingerprint density at radius 1 is 0.971 bits per heavy atom. The van der Waals surface area contributed by atoms with Gasteiger partial charge in [-0.1, -0.05) is 50.7 Å². The predicted molar refractivity (Wildman–Crippen MR) is 139 cm³/mol. The van der Waals surface area contributed by atoms with E-state index >= 15 is 0 Å². The van der Waals surface area contributed by atoms with Gasteiger partial charge < -0.3 is 5.32 Å². The third-order valence-corrected chi connectivity index (χ3v) is 7.97. The van der Waals surface area contributed by atoms with Crippen LogP contribution in [-0.4, -0.2) is 16.0 Å². The van der Waals surface area contributed by atoms with Crippen LogP contribution >= 0.6 is 73.9 Å². The van der Waals surface area contributed by atoms with Crippen molar-refractivity contribution < 1.29 is 18.4 Å². The molecule has 0 heterocycles. The fraction of sp³-hybridized carbons (Fsp3) is 0.167. The van der Waals surface area contributed by atoms with E-state index in [4.69, 9.17) is 58.0 Å². The highest BCUT2D eigenvalue weighted by atomic mass is 79.9. The van der Waals surface area contributed by atoms with Gasteiger partial charge in [0.1, 0.15) is 16.0 Å². The van der Waals surface area contributed by atoms with Crippen LogP contribution in [0.15, 0.2) is 53.0 Å². The molecule has 182 valence electrons. The normalized spacial score (nSPS) is 18.3. The minimum Gasteiger partial charge on any atom is -0.326 e. The van der Waals surface area contributed by atoms with E-state index in [0.717, 1.165) is 6.07 Å². The fourth-order valence-corrected chi connectivity index (χ4v) is 6.00. The van der Waals surface area contributed by atoms with Crippen molar-refractivity contribution in [2.75, 3.05) is 5.32 Å². The first-order chi connectivity index (χ1) is 16.4. The van der Waals surface area contributed by atoms with E-state index in [2.05, 4.69) is 21.2 Å². The predicted octanol–water partition coefficient (Wildman–Crippen LogP) is 8.64. The number of alkyl halides is 2. The summed E-state index contributed by atoms with van der Waals surface area (Å²) in [5.74, 6) is -4.01. The second kappa shape index (κ2) is 10.2. The van der Waals surface area contributed by atoms with Crippen molar-refractivity contribution in [2.24, 2.45) is 5.92 Å². The summed E-state index contributed by atoms with van der Waals surface area (Å²) in [7, 11) is 0. The molecule has 35 heavy (non-hydrogen) atoms. The lowest BCUT2D eigenvalue weighted by atomic mass is 10.0. The van der Waals surface area contributed by atoms with Gasteiger partial charge in [-0.15, -0.1) is 23.2 Å². The number of rotatable bonds is 6. The Morgan fingerprint density at radius 2 is 1.63 bits per heavy atom. The number of carbonyl (C=O) groups excluding carboxylic acids is 2. The molecule has 11 heteroatoms. The molecule has 0 radical (unpaired) electrons. The highest BCUT2D eigenvalue weighted by Crippen LogP contribution is 2.65. The van der Waals surface area contributed by atoms with Crippen molar-refractivity contribution in [3.05, 3.63) is 96.4 Å². The second-order valence-corrected chi connectivity index (χ2v) is 11.5. The van der Waals surface area contributed by atoms with Crippen LogP contribution in [0.25, 0.3) is 0 Å². The highest BCUT2D eigenvalue weighted by Gasteiger charge is 2.67. The molecule has 3 nitrogen and oxygen atoms in total. The minimum absolute atomic E-state index is 0.0167. The molecule has 0 saturated heterocycles. The number of Topliss-reactive ketones (excluding diaryl/α,β-unsaturated/α-hetero) is 1. The third kappa shape index (κ3) is 5.63. The van der Waals surface area contributed by atoms with Crippen LogP contribution in [0.3, 0.4) is 0 Å². The molecular weight excluding hydrogens is 629 g/mol. The lowest BCUT2D eigenvalue weighted by Crippen LogP contribution is -2.17. The summed E-state index contributed by atoms with van der Waals surface area (Å²) in [6.45, 7) is 0. The van der Waals surface area contributed by atoms with Crippen molar-refractivity contribution in [1.82, 2.24) is 0 Å². The van der Waals surface area contributed by atoms with Crippen LogP contribution in [0.5, 0.6) is 0 Å². The molecule has 3 aromatic rings. The van der Waals surface area contributed by atoms with Crippen LogP contribution < -0.4 is 5.32 Å². The summed E-state index contributed by atoms with van der Waals surface area (Å²) in [6.07, 6.45) is -0.378. The number of ketones is 1. The number of benzene rings is 3. The molecule has 1 aliphatic rings. The number of carbonyl (C=O) groups is 2. The Hall–Kier alpha value is -1.41. The summed E-state index contributed by atoms with van der Waals surface area (Å²) < 4.78 is 26.3. The number of anilines is 1. The Balaban J connectivity index is 1.53.